The van der Waals surface area contributed by atoms with Crippen LogP contribution in [0.1, 0.15) is 53.7 Å². The van der Waals surface area contributed by atoms with E-state index in [1.807, 2.05) is 0 Å². The van der Waals surface area contributed by atoms with Gasteiger partial charge in [0.2, 0.25) is 0 Å². The molecule has 0 unspecified atom stereocenters. The van der Waals surface area contributed by atoms with Gasteiger partial charge in [0.05, 0.1) is 0 Å². The normalized spacial score (nSPS) is 18.9. The van der Waals surface area contributed by atoms with Crippen LogP contribution in [0.3, 0.4) is 0 Å². The third-order valence-electron chi connectivity index (χ3n) is 4.76. The van der Waals surface area contributed by atoms with Gasteiger partial charge in [-0.25, -0.2) is 9.78 Å². The van der Waals surface area contributed by atoms with E-state index in [0.717, 1.165) is 56.2 Å². The Morgan fingerprint density at radius 3 is 2.76 bits per heavy atom. The van der Waals surface area contributed by atoms with Crippen molar-refractivity contribution < 1.29 is 15.0 Å². The first-order valence-electron chi connectivity index (χ1n) is 7.74. The van der Waals surface area contributed by atoms with Crippen LogP contribution in [0, 0.1) is 5.41 Å². The van der Waals surface area contributed by atoms with Crippen LogP contribution in [0.15, 0.2) is 6.07 Å². The molecule has 0 bridgehead atoms. The number of carboxylic acids is 1. The second kappa shape index (κ2) is 5.64. The average molecular weight is 290 g/mol. The molecule has 0 amide bonds. The van der Waals surface area contributed by atoms with E-state index in [1.165, 1.54) is 0 Å². The van der Waals surface area contributed by atoms with Crippen LogP contribution in [0.25, 0.3) is 0 Å². The summed E-state index contributed by atoms with van der Waals surface area (Å²) in [5, 5.41) is 21.7. The Morgan fingerprint density at radius 2 is 2.10 bits per heavy atom. The number of aliphatic hydroxyl groups excluding tert-OH is 1. The van der Waals surface area contributed by atoms with E-state index in [9.17, 15) is 9.90 Å². The van der Waals surface area contributed by atoms with Gasteiger partial charge in [0.1, 0.15) is 11.4 Å². The van der Waals surface area contributed by atoms with Crippen molar-refractivity contribution in [3.63, 3.8) is 0 Å². The van der Waals surface area contributed by atoms with E-state index in [2.05, 4.69) is 10.3 Å². The van der Waals surface area contributed by atoms with Crippen molar-refractivity contribution in [2.75, 3.05) is 18.5 Å². The minimum Gasteiger partial charge on any atom is -0.478 e. The van der Waals surface area contributed by atoms with Crippen molar-refractivity contribution in [2.24, 2.45) is 5.41 Å². The minimum atomic E-state index is -0.926. The van der Waals surface area contributed by atoms with Crippen molar-refractivity contribution in [3.05, 3.63) is 22.9 Å². The fraction of sp³-hybridized carbons (Fsp3) is 0.625. The van der Waals surface area contributed by atoms with E-state index in [0.29, 0.717) is 12.4 Å². The number of rotatable bonds is 6. The fourth-order valence-corrected chi connectivity index (χ4v) is 3.13. The van der Waals surface area contributed by atoms with E-state index in [1.54, 1.807) is 6.07 Å². The molecular formula is C16H22N2O3. The zero-order valence-corrected chi connectivity index (χ0v) is 12.2. The lowest BCUT2D eigenvalue weighted by Crippen LogP contribution is -2.20. The number of anilines is 1. The molecule has 3 N–H and O–H groups in total. The summed E-state index contributed by atoms with van der Waals surface area (Å²) in [4.78, 5) is 16.0. The van der Waals surface area contributed by atoms with Crippen LogP contribution in [-0.2, 0) is 12.8 Å². The lowest BCUT2D eigenvalue weighted by Gasteiger charge is -2.20. The van der Waals surface area contributed by atoms with Crippen LogP contribution in [0.5, 0.6) is 0 Å². The van der Waals surface area contributed by atoms with Gasteiger partial charge in [-0.2, -0.15) is 0 Å². The molecule has 1 aromatic rings. The summed E-state index contributed by atoms with van der Waals surface area (Å²) < 4.78 is 0. The predicted octanol–water partition coefficient (Wildman–Crippen LogP) is 2.23. The van der Waals surface area contributed by atoms with E-state index >= 15 is 0 Å². The number of hydrogen-bond donors (Lipinski definition) is 3. The quantitative estimate of drug-likeness (QED) is 0.748. The minimum absolute atomic E-state index is 0.141. The fourth-order valence-electron chi connectivity index (χ4n) is 3.13. The van der Waals surface area contributed by atoms with Crippen LogP contribution >= 0.6 is 0 Å². The number of fused-ring (bicyclic) bond motifs is 1. The Balaban J connectivity index is 1.81. The molecule has 0 saturated heterocycles. The van der Waals surface area contributed by atoms with Crippen LogP contribution < -0.4 is 5.32 Å². The molecule has 1 aromatic heterocycles. The molecule has 0 aliphatic heterocycles. The van der Waals surface area contributed by atoms with Crippen LogP contribution in [0.2, 0.25) is 0 Å². The highest BCUT2D eigenvalue weighted by Crippen LogP contribution is 2.48. The maximum absolute atomic E-state index is 11.5. The van der Waals surface area contributed by atoms with Gasteiger partial charge in [-0.15, -0.1) is 0 Å². The van der Waals surface area contributed by atoms with Crippen molar-refractivity contribution in [1.29, 1.82) is 0 Å². The Bertz CT molecular complexity index is 553. The number of aromatic carboxylic acids is 1. The zero-order chi connectivity index (χ0) is 14.9. The number of carbonyl (C=O) groups is 1. The maximum Gasteiger partial charge on any atom is 0.339 e. The molecule has 2 aliphatic carbocycles. The second-order valence-corrected chi connectivity index (χ2v) is 6.33. The Hall–Kier alpha value is -1.62. The molecule has 2 aliphatic rings. The van der Waals surface area contributed by atoms with Gasteiger partial charge in [0.15, 0.2) is 0 Å². The Labute approximate surface area is 124 Å². The molecule has 0 spiro atoms. The van der Waals surface area contributed by atoms with Crippen LogP contribution in [0.4, 0.5) is 5.82 Å². The maximum atomic E-state index is 11.5. The van der Waals surface area contributed by atoms with Gasteiger partial charge >= 0.3 is 5.97 Å². The van der Waals surface area contributed by atoms with E-state index < -0.39 is 5.97 Å². The number of nitrogens with zero attached hydrogens (tertiary/aromatic N) is 1. The molecule has 114 valence electrons. The second-order valence-electron chi connectivity index (χ2n) is 6.33. The Morgan fingerprint density at radius 1 is 1.33 bits per heavy atom. The van der Waals surface area contributed by atoms with Gasteiger partial charge in [0.25, 0.3) is 0 Å². The zero-order valence-electron chi connectivity index (χ0n) is 12.2. The molecule has 3 rings (SSSR count). The Kier molecular flexibility index (Phi) is 3.85. The third-order valence-corrected chi connectivity index (χ3v) is 4.76. The topological polar surface area (TPSA) is 82.5 Å². The first-order valence-corrected chi connectivity index (χ1v) is 7.74. The van der Waals surface area contributed by atoms with Crippen molar-refractivity contribution in [3.8, 4) is 0 Å². The highest BCUT2D eigenvalue weighted by atomic mass is 16.4. The number of nitrogens with one attached hydrogen (secondary N) is 1. The molecular weight excluding hydrogens is 268 g/mol. The number of aryl methyl sites for hydroxylation is 2. The average Bonchev–Trinajstić information content (AvgIpc) is 3.24. The predicted molar refractivity (Wildman–Crippen MR) is 79.7 cm³/mol. The third kappa shape index (κ3) is 3.02. The highest BCUT2D eigenvalue weighted by molar-refractivity contribution is 5.93. The molecule has 5 heteroatoms. The first-order chi connectivity index (χ1) is 10.1. The van der Waals surface area contributed by atoms with Gasteiger partial charge in [-0.05, 0) is 62.0 Å². The van der Waals surface area contributed by atoms with Gasteiger partial charge < -0.3 is 15.5 Å². The lowest BCUT2D eigenvalue weighted by molar-refractivity contribution is 0.0697. The monoisotopic (exact) mass is 290 g/mol. The number of carboxylic acid groups (broad SMARTS) is 1. The van der Waals surface area contributed by atoms with Crippen molar-refractivity contribution in [2.45, 2.75) is 44.9 Å². The van der Waals surface area contributed by atoms with Gasteiger partial charge in [-0.1, -0.05) is 0 Å². The number of hydrogen-bond acceptors (Lipinski definition) is 4. The molecule has 1 fully saturated rings. The summed E-state index contributed by atoms with van der Waals surface area (Å²) in [6.45, 7) is 0.880. The SMILES string of the molecule is O=C(O)c1cc2c(nc1NCC1(CCO)CC1)CCCC2. The largest absolute Gasteiger partial charge is 0.478 e. The molecule has 1 saturated carbocycles. The van der Waals surface area contributed by atoms with E-state index in [4.69, 9.17) is 5.11 Å². The number of aliphatic hydroxyl groups is 1. The molecule has 21 heavy (non-hydrogen) atoms. The van der Waals surface area contributed by atoms with Crippen molar-refractivity contribution in [1.82, 2.24) is 4.98 Å². The van der Waals surface area contributed by atoms with Gasteiger partial charge in [-0.3, -0.25) is 0 Å². The number of pyridine rings is 1. The standard InChI is InChI=1S/C16H22N2O3/c19-8-7-16(5-6-16)10-17-14-12(15(20)21)9-11-3-1-2-4-13(11)18-14/h9,19H,1-8,10H2,(H,17,18)(H,20,21). The molecule has 0 aromatic carbocycles. The summed E-state index contributed by atoms with van der Waals surface area (Å²) in [6.07, 6.45) is 7.05. The van der Waals surface area contributed by atoms with Gasteiger partial charge in [0, 0.05) is 18.8 Å². The summed E-state index contributed by atoms with van der Waals surface area (Å²) in [7, 11) is 0. The summed E-state index contributed by atoms with van der Waals surface area (Å²) in [5.74, 6) is -0.433. The molecule has 0 radical (unpaired) electrons. The highest BCUT2D eigenvalue weighted by Gasteiger charge is 2.41. The smallest absolute Gasteiger partial charge is 0.339 e. The molecule has 0 atom stereocenters. The first kappa shape index (κ1) is 14.3. The summed E-state index contributed by atoms with van der Waals surface area (Å²) in [5.41, 5.74) is 2.54. The van der Waals surface area contributed by atoms with Crippen LogP contribution in [-0.4, -0.2) is 34.3 Å². The van der Waals surface area contributed by atoms with Crippen molar-refractivity contribution >= 4 is 11.8 Å². The molecule has 1 heterocycles. The summed E-state index contributed by atoms with van der Waals surface area (Å²) in [6, 6.07) is 1.79. The summed E-state index contributed by atoms with van der Waals surface area (Å²) >= 11 is 0. The van der Waals surface area contributed by atoms with E-state index in [-0.39, 0.29) is 17.6 Å². The molecule has 5 nitrogen and oxygen atoms in total. The lowest BCUT2D eigenvalue weighted by atomic mass is 9.94. The number of aromatic nitrogens is 1.